The van der Waals surface area contributed by atoms with Crippen LogP contribution in [0.15, 0.2) is 18.2 Å². The molecule has 98 valence electrons. The molecule has 1 heterocycles. The number of ether oxygens (including phenoxy) is 1. The van der Waals surface area contributed by atoms with E-state index >= 15 is 0 Å². The Labute approximate surface area is 111 Å². The molecule has 0 radical (unpaired) electrons. The van der Waals surface area contributed by atoms with Crippen molar-refractivity contribution in [3.63, 3.8) is 0 Å². The van der Waals surface area contributed by atoms with E-state index < -0.39 is 0 Å². The minimum absolute atomic E-state index is 0.0209. The number of amides is 1. The highest BCUT2D eigenvalue weighted by Crippen LogP contribution is 2.26. The first kappa shape index (κ1) is 13.1. The molecule has 0 bridgehead atoms. The Kier molecular flexibility index (Phi) is 4.36. The van der Waals surface area contributed by atoms with Crippen LogP contribution in [-0.4, -0.2) is 35.7 Å². The average molecular weight is 267 g/mol. The number of benzene rings is 1. The van der Waals surface area contributed by atoms with E-state index in [1.807, 2.05) is 11.8 Å². The molecule has 0 aliphatic carbocycles. The van der Waals surface area contributed by atoms with Gasteiger partial charge in [-0.25, -0.2) is 0 Å². The number of nitrogens with one attached hydrogen (secondary N) is 1. The van der Waals surface area contributed by atoms with E-state index in [0.717, 1.165) is 6.42 Å². The van der Waals surface area contributed by atoms with Gasteiger partial charge in [0, 0.05) is 11.8 Å². The van der Waals surface area contributed by atoms with Crippen LogP contribution in [0.5, 0.6) is 11.5 Å². The third kappa shape index (κ3) is 3.10. The predicted molar refractivity (Wildman–Crippen MR) is 72.5 cm³/mol. The standard InChI is InChI=1S/C13H17NO3S/c1-17-9-4-5-12(15)11(7-9)13(16)14-8-10-3-2-6-18-10/h4-5,7,10,15H,2-3,6,8H2,1H3,(H,14,16). The van der Waals surface area contributed by atoms with Gasteiger partial charge in [-0.15, -0.1) is 0 Å². The lowest BCUT2D eigenvalue weighted by molar-refractivity contribution is 0.0950. The number of hydrogen-bond donors (Lipinski definition) is 2. The van der Waals surface area contributed by atoms with Crippen LogP contribution < -0.4 is 10.1 Å². The second-order valence-electron chi connectivity index (χ2n) is 4.23. The van der Waals surface area contributed by atoms with Crippen LogP contribution in [0.25, 0.3) is 0 Å². The quantitative estimate of drug-likeness (QED) is 0.876. The van der Waals surface area contributed by atoms with Gasteiger partial charge < -0.3 is 15.2 Å². The zero-order valence-electron chi connectivity index (χ0n) is 10.3. The van der Waals surface area contributed by atoms with Crippen molar-refractivity contribution >= 4 is 17.7 Å². The summed E-state index contributed by atoms with van der Waals surface area (Å²) < 4.78 is 5.04. The number of carbonyl (C=O) groups excluding carboxylic acids is 1. The number of rotatable bonds is 4. The van der Waals surface area contributed by atoms with Crippen LogP contribution in [-0.2, 0) is 0 Å². The van der Waals surface area contributed by atoms with Crippen molar-refractivity contribution in [1.29, 1.82) is 0 Å². The van der Waals surface area contributed by atoms with Crippen molar-refractivity contribution in [1.82, 2.24) is 5.32 Å². The van der Waals surface area contributed by atoms with E-state index in [2.05, 4.69) is 5.32 Å². The smallest absolute Gasteiger partial charge is 0.255 e. The Hall–Kier alpha value is -1.36. The van der Waals surface area contributed by atoms with Gasteiger partial charge in [0.05, 0.1) is 12.7 Å². The molecule has 4 nitrogen and oxygen atoms in total. The van der Waals surface area contributed by atoms with E-state index in [1.54, 1.807) is 12.1 Å². The molecule has 0 spiro atoms. The van der Waals surface area contributed by atoms with Crippen molar-refractivity contribution in [3.8, 4) is 11.5 Å². The average Bonchev–Trinajstić information content (AvgIpc) is 2.89. The number of aromatic hydroxyl groups is 1. The fourth-order valence-electron chi connectivity index (χ4n) is 1.93. The molecule has 0 aromatic heterocycles. The Bertz CT molecular complexity index is 430. The molecular formula is C13H17NO3S. The van der Waals surface area contributed by atoms with Crippen LogP contribution in [0.1, 0.15) is 23.2 Å². The molecule has 1 atom stereocenters. The van der Waals surface area contributed by atoms with Crippen LogP contribution in [0, 0.1) is 0 Å². The molecule has 5 heteroatoms. The molecule has 2 N–H and O–H groups in total. The summed E-state index contributed by atoms with van der Waals surface area (Å²) in [7, 11) is 1.53. The lowest BCUT2D eigenvalue weighted by Gasteiger charge is -2.11. The van der Waals surface area contributed by atoms with Gasteiger partial charge in [0.25, 0.3) is 5.91 Å². The zero-order chi connectivity index (χ0) is 13.0. The van der Waals surface area contributed by atoms with Gasteiger partial charge >= 0.3 is 0 Å². The fraction of sp³-hybridized carbons (Fsp3) is 0.462. The summed E-state index contributed by atoms with van der Waals surface area (Å²) in [6.45, 7) is 0.653. The largest absolute Gasteiger partial charge is 0.507 e. The van der Waals surface area contributed by atoms with E-state index in [-0.39, 0.29) is 17.2 Å². The minimum atomic E-state index is -0.251. The Balaban J connectivity index is 1.98. The van der Waals surface area contributed by atoms with E-state index in [9.17, 15) is 9.90 Å². The van der Waals surface area contributed by atoms with Gasteiger partial charge in [-0.1, -0.05) is 0 Å². The maximum atomic E-state index is 12.0. The summed E-state index contributed by atoms with van der Waals surface area (Å²) in [5, 5.41) is 13.0. The second kappa shape index (κ2) is 6.00. The van der Waals surface area contributed by atoms with Gasteiger partial charge in [-0.05, 0) is 36.8 Å². The normalized spacial score (nSPS) is 18.6. The summed E-state index contributed by atoms with van der Waals surface area (Å²) in [6.07, 6.45) is 2.37. The molecule has 18 heavy (non-hydrogen) atoms. The summed E-state index contributed by atoms with van der Waals surface area (Å²) in [6, 6.07) is 4.64. The lowest BCUT2D eigenvalue weighted by Crippen LogP contribution is -2.29. The van der Waals surface area contributed by atoms with Crippen LogP contribution in [0.2, 0.25) is 0 Å². The number of hydrogen-bond acceptors (Lipinski definition) is 4. The first-order valence-electron chi connectivity index (χ1n) is 5.97. The number of thioether (sulfide) groups is 1. The maximum Gasteiger partial charge on any atom is 0.255 e. The molecule has 1 aromatic rings. The van der Waals surface area contributed by atoms with E-state index in [1.165, 1.54) is 25.3 Å². The van der Waals surface area contributed by atoms with Gasteiger partial charge in [-0.2, -0.15) is 11.8 Å². The van der Waals surface area contributed by atoms with Gasteiger partial charge in [0.1, 0.15) is 11.5 Å². The molecule has 1 aliphatic rings. The van der Waals surface area contributed by atoms with Crippen LogP contribution in [0.4, 0.5) is 0 Å². The minimum Gasteiger partial charge on any atom is -0.507 e. The van der Waals surface area contributed by atoms with Crippen molar-refractivity contribution in [2.45, 2.75) is 18.1 Å². The van der Waals surface area contributed by atoms with Crippen molar-refractivity contribution in [2.24, 2.45) is 0 Å². The Morgan fingerprint density at radius 2 is 2.44 bits per heavy atom. The summed E-state index contributed by atoms with van der Waals surface area (Å²) in [5.74, 6) is 1.46. The van der Waals surface area contributed by atoms with Crippen molar-refractivity contribution < 1.29 is 14.6 Å². The molecule has 1 fully saturated rings. The zero-order valence-corrected chi connectivity index (χ0v) is 11.1. The number of carbonyl (C=O) groups is 1. The SMILES string of the molecule is COc1ccc(O)c(C(=O)NCC2CCCS2)c1. The van der Waals surface area contributed by atoms with Crippen molar-refractivity contribution in [3.05, 3.63) is 23.8 Å². The molecule has 0 saturated carbocycles. The molecule has 1 aromatic carbocycles. The lowest BCUT2D eigenvalue weighted by atomic mass is 10.1. The first-order valence-corrected chi connectivity index (χ1v) is 7.02. The Morgan fingerprint density at radius 3 is 3.11 bits per heavy atom. The van der Waals surface area contributed by atoms with Gasteiger partial charge in [-0.3, -0.25) is 4.79 Å². The van der Waals surface area contributed by atoms with Crippen LogP contribution >= 0.6 is 11.8 Å². The first-order chi connectivity index (χ1) is 8.70. The Morgan fingerprint density at radius 1 is 1.61 bits per heavy atom. The predicted octanol–water partition coefficient (Wildman–Crippen LogP) is 2.03. The summed E-state index contributed by atoms with van der Waals surface area (Å²) >= 11 is 1.89. The van der Waals surface area contributed by atoms with Crippen molar-refractivity contribution in [2.75, 3.05) is 19.4 Å². The van der Waals surface area contributed by atoms with Crippen LogP contribution in [0.3, 0.4) is 0 Å². The number of phenols is 1. The summed E-state index contributed by atoms with van der Waals surface area (Å²) in [4.78, 5) is 12.0. The highest BCUT2D eigenvalue weighted by molar-refractivity contribution is 8.00. The topological polar surface area (TPSA) is 58.6 Å². The third-order valence-electron chi connectivity index (χ3n) is 2.96. The van der Waals surface area contributed by atoms with Gasteiger partial charge in [0.2, 0.25) is 0 Å². The third-order valence-corrected chi connectivity index (χ3v) is 4.36. The number of phenolic OH excluding ortho intramolecular Hbond substituents is 1. The molecule has 1 aliphatic heterocycles. The highest BCUT2D eigenvalue weighted by Gasteiger charge is 2.18. The van der Waals surface area contributed by atoms with Gasteiger partial charge in [0.15, 0.2) is 0 Å². The monoisotopic (exact) mass is 267 g/mol. The summed E-state index contributed by atoms with van der Waals surface area (Å²) in [5.41, 5.74) is 0.261. The van der Waals surface area contributed by atoms with E-state index in [4.69, 9.17) is 4.74 Å². The fourth-order valence-corrected chi connectivity index (χ4v) is 3.13. The molecule has 2 rings (SSSR count). The molecule has 1 saturated heterocycles. The van der Waals surface area contributed by atoms with E-state index in [0.29, 0.717) is 17.5 Å². The molecular weight excluding hydrogens is 250 g/mol. The maximum absolute atomic E-state index is 12.0. The number of methoxy groups -OCH3 is 1. The second-order valence-corrected chi connectivity index (χ2v) is 5.64. The highest BCUT2D eigenvalue weighted by atomic mass is 32.2. The molecule has 1 amide bonds. The molecule has 1 unspecified atom stereocenters.